The zero-order chi connectivity index (χ0) is 16.2. The first-order valence-corrected chi connectivity index (χ1v) is 8.10. The molecule has 3 rings (SSSR count). The van der Waals surface area contributed by atoms with E-state index in [4.69, 9.17) is 0 Å². The van der Waals surface area contributed by atoms with Crippen molar-refractivity contribution in [2.75, 3.05) is 10.6 Å². The number of aromatic nitrogens is 2. The molecular formula is C18H17BrN4. The van der Waals surface area contributed by atoms with Gasteiger partial charge in [-0.3, -0.25) is 0 Å². The number of nitrogens with one attached hydrogen (secondary N) is 2. The zero-order valence-electron chi connectivity index (χ0n) is 13.0. The van der Waals surface area contributed by atoms with E-state index in [2.05, 4.69) is 55.6 Å². The van der Waals surface area contributed by atoms with Gasteiger partial charge in [0.15, 0.2) is 0 Å². The van der Waals surface area contributed by atoms with Gasteiger partial charge in [0.05, 0.1) is 0 Å². The molecule has 0 spiro atoms. The highest BCUT2D eigenvalue weighted by Crippen LogP contribution is 2.20. The molecule has 0 bridgehead atoms. The molecule has 2 N–H and O–H groups in total. The first-order valence-electron chi connectivity index (χ1n) is 7.30. The second kappa shape index (κ2) is 6.79. The van der Waals surface area contributed by atoms with Crippen molar-refractivity contribution in [3.8, 4) is 0 Å². The molecule has 4 nitrogen and oxygen atoms in total. The van der Waals surface area contributed by atoms with Gasteiger partial charge in [-0.15, -0.1) is 0 Å². The minimum absolute atomic E-state index is 0.571. The van der Waals surface area contributed by atoms with Crippen LogP contribution in [0.15, 0.2) is 59.1 Å². The lowest BCUT2D eigenvalue weighted by atomic mass is 10.2. The van der Waals surface area contributed by atoms with Gasteiger partial charge >= 0.3 is 0 Å². The first-order chi connectivity index (χ1) is 11.1. The lowest BCUT2D eigenvalue weighted by Gasteiger charge is -2.10. The summed E-state index contributed by atoms with van der Waals surface area (Å²) in [5, 5.41) is 6.53. The zero-order valence-corrected chi connectivity index (χ0v) is 14.6. The molecule has 0 aliphatic carbocycles. The highest BCUT2D eigenvalue weighted by Gasteiger charge is 2.04. The van der Waals surface area contributed by atoms with Gasteiger partial charge in [-0.1, -0.05) is 33.6 Å². The van der Waals surface area contributed by atoms with Crippen LogP contribution in [0.3, 0.4) is 0 Å². The van der Waals surface area contributed by atoms with Crippen LogP contribution in [-0.4, -0.2) is 9.97 Å². The molecule has 1 aromatic heterocycles. The van der Waals surface area contributed by atoms with Crippen LogP contribution in [0.4, 0.5) is 23.1 Å². The monoisotopic (exact) mass is 368 g/mol. The minimum atomic E-state index is 0.571. The Morgan fingerprint density at radius 2 is 1.39 bits per heavy atom. The molecule has 1 heterocycles. The molecule has 23 heavy (non-hydrogen) atoms. The van der Waals surface area contributed by atoms with E-state index >= 15 is 0 Å². The van der Waals surface area contributed by atoms with Gasteiger partial charge in [-0.05, 0) is 50.2 Å². The van der Waals surface area contributed by atoms with Crippen LogP contribution in [0, 0.1) is 13.8 Å². The summed E-state index contributed by atoms with van der Waals surface area (Å²) in [6.45, 7) is 4.02. The number of aryl methyl sites for hydroxylation is 2. The molecule has 0 amide bonds. The SMILES string of the molecule is Cc1ccc(Nc2cc(C)nc(Nc3ccc(Br)cc3)n2)cc1. The number of rotatable bonds is 4. The van der Waals surface area contributed by atoms with E-state index in [1.165, 1.54) is 5.56 Å². The topological polar surface area (TPSA) is 49.8 Å². The molecule has 2 aromatic carbocycles. The lowest BCUT2D eigenvalue weighted by Crippen LogP contribution is -2.02. The average Bonchev–Trinajstić information content (AvgIpc) is 2.51. The van der Waals surface area contributed by atoms with E-state index in [0.29, 0.717) is 5.95 Å². The van der Waals surface area contributed by atoms with E-state index in [1.54, 1.807) is 0 Å². The van der Waals surface area contributed by atoms with Gasteiger partial charge in [0.25, 0.3) is 0 Å². The smallest absolute Gasteiger partial charge is 0.229 e. The van der Waals surface area contributed by atoms with Crippen LogP contribution in [0.1, 0.15) is 11.3 Å². The van der Waals surface area contributed by atoms with E-state index < -0.39 is 0 Å². The van der Waals surface area contributed by atoms with E-state index in [0.717, 1.165) is 27.4 Å². The number of benzene rings is 2. The maximum atomic E-state index is 4.52. The Morgan fingerprint density at radius 1 is 0.783 bits per heavy atom. The van der Waals surface area contributed by atoms with Crippen LogP contribution in [0.25, 0.3) is 0 Å². The Kier molecular flexibility index (Phi) is 4.57. The van der Waals surface area contributed by atoms with Crippen LogP contribution in [0.5, 0.6) is 0 Å². The predicted molar refractivity (Wildman–Crippen MR) is 98.7 cm³/mol. The van der Waals surface area contributed by atoms with Crippen molar-refractivity contribution in [3.05, 3.63) is 70.3 Å². The van der Waals surface area contributed by atoms with Gasteiger partial charge in [0, 0.05) is 27.6 Å². The molecule has 0 saturated heterocycles. The molecule has 3 aromatic rings. The second-order valence-electron chi connectivity index (χ2n) is 5.34. The van der Waals surface area contributed by atoms with Crippen molar-refractivity contribution in [2.45, 2.75) is 13.8 Å². The number of hydrogen-bond acceptors (Lipinski definition) is 4. The van der Waals surface area contributed by atoms with E-state index in [-0.39, 0.29) is 0 Å². The second-order valence-corrected chi connectivity index (χ2v) is 6.26. The average molecular weight is 369 g/mol. The maximum absolute atomic E-state index is 4.52. The minimum Gasteiger partial charge on any atom is -0.340 e. The van der Waals surface area contributed by atoms with Crippen LogP contribution >= 0.6 is 15.9 Å². The molecule has 0 aliphatic heterocycles. The van der Waals surface area contributed by atoms with Crippen molar-refractivity contribution >= 4 is 39.1 Å². The summed E-state index contributed by atoms with van der Waals surface area (Å²) in [7, 11) is 0. The van der Waals surface area contributed by atoms with Crippen molar-refractivity contribution in [1.82, 2.24) is 9.97 Å². The van der Waals surface area contributed by atoms with E-state index in [1.807, 2.05) is 49.4 Å². The Hall–Kier alpha value is -2.40. The van der Waals surface area contributed by atoms with Crippen molar-refractivity contribution in [1.29, 1.82) is 0 Å². The predicted octanol–water partition coefficient (Wildman–Crippen LogP) is 5.34. The summed E-state index contributed by atoms with van der Waals surface area (Å²) in [5.74, 6) is 1.34. The Balaban J connectivity index is 1.81. The summed E-state index contributed by atoms with van der Waals surface area (Å²) in [6, 6.07) is 18.0. The Labute approximate surface area is 144 Å². The van der Waals surface area contributed by atoms with Crippen molar-refractivity contribution < 1.29 is 0 Å². The fraction of sp³-hybridized carbons (Fsp3) is 0.111. The summed E-state index contributed by atoms with van der Waals surface area (Å²) in [6.07, 6.45) is 0. The summed E-state index contributed by atoms with van der Waals surface area (Å²) in [5.41, 5.74) is 4.07. The highest BCUT2D eigenvalue weighted by atomic mass is 79.9. The molecule has 0 atom stereocenters. The third-order valence-corrected chi connectivity index (χ3v) is 3.81. The van der Waals surface area contributed by atoms with Gasteiger partial charge < -0.3 is 10.6 Å². The van der Waals surface area contributed by atoms with Crippen LogP contribution in [0.2, 0.25) is 0 Å². The quantitative estimate of drug-likeness (QED) is 0.652. The first kappa shape index (κ1) is 15.5. The Morgan fingerprint density at radius 3 is 2.09 bits per heavy atom. The molecule has 0 aliphatic rings. The number of halogens is 1. The molecule has 116 valence electrons. The van der Waals surface area contributed by atoms with Crippen molar-refractivity contribution in [2.24, 2.45) is 0 Å². The molecule has 0 radical (unpaired) electrons. The number of hydrogen-bond donors (Lipinski definition) is 2. The molecule has 0 unspecified atom stereocenters. The summed E-state index contributed by atoms with van der Waals surface area (Å²) < 4.78 is 1.04. The van der Waals surface area contributed by atoms with Crippen LogP contribution in [-0.2, 0) is 0 Å². The largest absolute Gasteiger partial charge is 0.340 e. The molecular weight excluding hydrogens is 352 g/mol. The highest BCUT2D eigenvalue weighted by molar-refractivity contribution is 9.10. The molecule has 0 fully saturated rings. The molecule has 5 heteroatoms. The summed E-state index contributed by atoms with van der Waals surface area (Å²) >= 11 is 3.43. The van der Waals surface area contributed by atoms with E-state index in [9.17, 15) is 0 Å². The van der Waals surface area contributed by atoms with Gasteiger partial charge in [0.2, 0.25) is 5.95 Å². The number of nitrogens with zero attached hydrogens (tertiary/aromatic N) is 2. The van der Waals surface area contributed by atoms with Crippen LogP contribution < -0.4 is 10.6 Å². The van der Waals surface area contributed by atoms with Gasteiger partial charge in [-0.25, -0.2) is 4.98 Å². The lowest BCUT2D eigenvalue weighted by molar-refractivity contribution is 1.11. The standard InChI is InChI=1S/C18H17BrN4/c1-12-3-7-15(8-4-12)21-17-11-13(2)20-18(23-17)22-16-9-5-14(19)6-10-16/h3-11H,1-2H3,(H2,20,21,22,23). The third-order valence-electron chi connectivity index (χ3n) is 3.28. The Bertz CT molecular complexity index is 733. The molecule has 0 saturated carbocycles. The maximum Gasteiger partial charge on any atom is 0.229 e. The fourth-order valence-corrected chi connectivity index (χ4v) is 2.40. The van der Waals surface area contributed by atoms with Gasteiger partial charge in [-0.2, -0.15) is 4.98 Å². The fourth-order valence-electron chi connectivity index (χ4n) is 2.14. The number of anilines is 4. The summed E-state index contributed by atoms with van der Waals surface area (Å²) in [4.78, 5) is 8.96. The van der Waals surface area contributed by atoms with Gasteiger partial charge in [0.1, 0.15) is 5.82 Å². The normalized spacial score (nSPS) is 10.4. The third kappa shape index (κ3) is 4.29. The van der Waals surface area contributed by atoms with Crippen molar-refractivity contribution in [3.63, 3.8) is 0 Å².